The minimum absolute atomic E-state index is 0.0706. The summed E-state index contributed by atoms with van der Waals surface area (Å²) < 4.78 is 4.71. The van der Waals surface area contributed by atoms with Crippen molar-refractivity contribution in [2.45, 2.75) is 32.2 Å². The molecule has 1 amide bonds. The molecular formula is C13H18N2O4. The number of rotatable bonds is 5. The third-order valence-corrected chi connectivity index (χ3v) is 2.82. The van der Waals surface area contributed by atoms with Crippen molar-refractivity contribution in [1.82, 2.24) is 10.3 Å². The largest absolute Gasteiger partial charge is 0.505 e. The van der Waals surface area contributed by atoms with Gasteiger partial charge in [0, 0.05) is 6.20 Å². The number of carbonyl (C=O) groups is 2. The third-order valence-electron chi connectivity index (χ3n) is 2.82. The number of nitrogens with zero attached hydrogens (tertiary/aromatic N) is 1. The van der Waals surface area contributed by atoms with Gasteiger partial charge < -0.3 is 15.2 Å². The van der Waals surface area contributed by atoms with Gasteiger partial charge in [0.15, 0.2) is 0 Å². The summed E-state index contributed by atoms with van der Waals surface area (Å²) in [6.07, 6.45) is 3.71. The highest BCUT2D eigenvalue weighted by molar-refractivity contribution is 5.99. The number of hydrogen-bond acceptors (Lipinski definition) is 5. The average molecular weight is 266 g/mol. The zero-order valence-corrected chi connectivity index (χ0v) is 11.3. The van der Waals surface area contributed by atoms with Crippen LogP contribution in [0, 0.1) is 0 Å². The molecule has 0 saturated carbocycles. The van der Waals surface area contributed by atoms with Crippen LogP contribution in [0.1, 0.15) is 37.0 Å². The number of methoxy groups -OCH3 is 1. The number of amides is 1. The van der Waals surface area contributed by atoms with Gasteiger partial charge in [0.25, 0.3) is 5.91 Å². The van der Waals surface area contributed by atoms with Crippen LogP contribution in [0.2, 0.25) is 0 Å². The van der Waals surface area contributed by atoms with E-state index < -0.39 is 17.4 Å². The minimum atomic E-state index is -1.11. The van der Waals surface area contributed by atoms with Crippen molar-refractivity contribution in [3.63, 3.8) is 0 Å². The van der Waals surface area contributed by atoms with E-state index in [0.717, 1.165) is 0 Å². The van der Waals surface area contributed by atoms with Crippen LogP contribution in [0.5, 0.6) is 5.75 Å². The van der Waals surface area contributed by atoms with Gasteiger partial charge in [-0.05, 0) is 19.4 Å². The maximum atomic E-state index is 12.1. The minimum Gasteiger partial charge on any atom is -0.505 e. The standard InChI is InChI=1S/C13H18N2O4/c1-4-6-13(2,12(18)19-3)15-11(17)9-5-7-14-8-10(9)16/h5,7-8,16H,4,6H2,1-3H3,(H,15,17). The van der Waals surface area contributed by atoms with E-state index in [1.54, 1.807) is 6.92 Å². The van der Waals surface area contributed by atoms with Crippen molar-refractivity contribution in [2.24, 2.45) is 0 Å². The Morgan fingerprint density at radius 1 is 1.53 bits per heavy atom. The molecule has 19 heavy (non-hydrogen) atoms. The van der Waals surface area contributed by atoms with Gasteiger partial charge in [-0.2, -0.15) is 0 Å². The molecule has 1 aromatic rings. The molecule has 0 aliphatic carbocycles. The summed E-state index contributed by atoms with van der Waals surface area (Å²) in [5.41, 5.74) is -1.04. The van der Waals surface area contributed by atoms with E-state index in [2.05, 4.69) is 10.3 Å². The Morgan fingerprint density at radius 3 is 2.74 bits per heavy atom. The van der Waals surface area contributed by atoms with Crippen LogP contribution >= 0.6 is 0 Å². The monoisotopic (exact) mass is 266 g/mol. The number of hydrogen-bond donors (Lipinski definition) is 2. The van der Waals surface area contributed by atoms with E-state index in [0.29, 0.717) is 12.8 Å². The van der Waals surface area contributed by atoms with Gasteiger partial charge in [0.05, 0.1) is 18.9 Å². The van der Waals surface area contributed by atoms with Gasteiger partial charge in [0.2, 0.25) is 0 Å². The molecule has 0 aromatic carbocycles. The first-order valence-corrected chi connectivity index (χ1v) is 5.98. The first-order chi connectivity index (χ1) is 8.94. The molecule has 6 heteroatoms. The number of esters is 1. The molecule has 1 unspecified atom stereocenters. The fourth-order valence-corrected chi connectivity index (χ4v) is 1.84. The molecular weight excluding hydrogens is 248 g/mol. The zero-order chi connectivity index (χ0) is 14.5. The Bertz CT molecular complexity index is 475. The van der Waals surface area contributed by atoms with Crippen LogP contribution in [0.25, 0.3) is 0 Å². The molecule has 1 aromatic heterocycles. The lowest BCUT2D eigenvalue weighted by atomic mass is 9.95. The summed E-state index contributed by atoms with van der Waals surface area (Å²) >= 11 is 0. The molecule has 1 rings (SSSR count). The average Bonchev–Trinajstić information content (AvgIpc) is 2.38. The summed E-state index contributed by atoms with van der Waals surface area (Å²) in [5.74, 6) is -1.29. The summed E-state index contributed by atoms with van der Waals surface area (Å²) in [6, 6.07) is 1.38. The quantitative estimate of drug-likeness (QED) is 0.783. The van der Waals surface area contributed by atoms with E-state index in [1.165, 1.54) is 25.6 Å². The van der Waals surface area contributed by atoms with Crippen molar-refractivity contribution in [2.75, 3.05) is 7.11 Å². The van der Waals surface area contributed by atoms with Crippen molar-refractivity contribution in [3.8, 4) is 5.75 Å². The van der Waals surface area contributed by atoms with Crippen LogP contribution in [-0.4, -0.2) is 34.6 Å². The number of aromatic nitrogens is 1. The highest BCUT2D eigenvalue weighted by atomic mass is 16.5. The first-order valence-electron chi connectivity index (χ1n) is 5.98. The Labute approximate surface area is 111 Å². The molecule has 0 aliphatic rings. The molecule has 0 fully saturated rings. The molecule has 0 spiro atoms. The summed E-state index contributed by atoms with van der Waals surface area (Å²) in [7, 11) is 1.27. The maximum Gasteiger partial charge on any atom is 0.331 e. The van der Waals surface area contributed by atoms with Crippen LogP contribution in [0.4, 0.5) is 0 Å². The lowest BCUT2D eigenvalue weighted by Crippen LogP contribution is -2.52. The molecule has 0 aliphatic heterocycles. The summed E-state index contributed by atoms with van der Waals surface area (Å²) in [6.45, 7) is 3.50. The Hall–Kier alpha value is -2.11. The van der Waals surface area contributed by atoms with E-state index in [9.17, 15) is 14.7 Å². The van der Waals surface area contributed by atoms with Gasteiger partial charge in [-0.15, -0.1) is 0 Å². The van der Waals surface area contributed by atoms with Gasteiger partial charge in [-0.3, -0.25) is 9.78 Å². The normalized spacial score (nSPS) is 13.4. The van der Waals surface area contributed by atoms with Crippen LogP contribution in [0.15, 0.2) is 18.5 Å². The molecule has 6 nitrogen and oxygen atoms in total. The fraction of sp³-hybridized carbons (Fsp3) is 0.462. The Balaban J connectivity index is 2.95. The van der Waals surface area contributed by atoms with Gasteiger partial charge >= 0.3 is 5.97 Å². The highest BCUT2D eigenvalue weighted by Crippen LogP contribution is 2.18. The highest BCUT2D eigenvalue weighted by Gasteiger charge is 2.35. The lowest BCUT2D eigenvalue weighted by molar-refractivity contribution is -0.147. The van der Waals surface area contributed by atoms with Gasteiger partial charge in [-0.25, -0.2) is 4.79 Å². The third kappa shape index (κ3) is 3.43. The second-order valence-corrected chi connectivity index (χ2v) is 4.42. The predicted molar refractivity (Wildman–Crippen MR) is 68.7 cm³/mol. The number of pyridine rings is 1. The van der Waals surface area contributed by atoms with Crippen molar-refractivity contribution >= 4 is 11.9 Å². The van der Waals surface area contributed by atoms with Crippen molar-refractivity contribution in [3.05, 3.63) is 24.0 Å². The van der Waals surface area contributed by atoms with Gasteiger partial charge in [-0.1, -0.05) is 13.3 Å². The summed E-state index contributed by atoms with van der Waals surface area (Å²) in [5, 5.41) is 12.2. The molecule has 0 saturated heterocycles. The number of nitrogens with one attached hydrogen (secondary N) is 1. The number of carbonyl (C=O) groups excluding carboxylic acids is 2. The zero-order valence-electron chi connectivity index (χ0n) is 11.3. The van der Waals surface area contributed by atoms with E-state index in [-0.39, 0.29) is 11.3 Å². The second kappa shape index (κ2) is 6.17. The molecule has 0 radical (unpaired) electrons. The van der Waals surface area contributed by atoms with Crippen molar-refractivity contribution in [1.29, 1.82) is 0 Å². The topological polar surface area (TPSA) is 88.5 Å². The van der Waals surface area contributed by atoms with Crippen LogP contribution < -0.4 is 5.32 Å². The SMILES string of the molecule is CCCC(C)(NC(=O)c1ccncc1O)C(=O)OC. The fourth-order valence-electron chi connectivity index (χ4n) is 1.84. The first kappa shape index (κ1) is 14.9. The predicted octanol–water partition coefficient (Wildman–Crippen LogP) is 1.25. The van der Waals surface area contributed by atoms with Gasteiger partial charge in [0.1, 0.15) is 11.3 Å². The van der Waals surface area contributed by atoms with Crippen molar-refractivity contribution < 1.29 is 19.4 Å². The molecule has 2 N–H and O–H groups in total. The van der Waals surface area contributed by atoms with E-state index in [1.807, 2.05) is 6.92 Å². The Morgan fingerprint density at radius 2 is 2.21 bits per heavy atom. The van der Waals surface area contributed by atoms with E-state index >= 15 is 0 Å². The summed E-state index contributed by atoms with van der Waals surface area (Å²) in [4.78, 5) is 27.5. The van der Waals surface area contributed by atoms with E-state index in [4.69, 9.17) is 4.74 Å². The molecule has 104 valence electrons. The van der Waals surface area contributed by atoms with Crippen LogP contribution in [-0.2, 0) is 9.53 Å². The molecule has 1 heterocycles. The maximum absolute atomic E-state index is 12.1. The number of ether oxygens (including phenoxy) is 1. The van der Waals surface area contributed by atoms with Crippen LogP contribution in [0.3, 0.4) is 0 Å². The molecule has 1 atom stereocenters. The smallest absolute Gasteiger partial charge is 0.331 e. The second-order valence-electron chi connectivity index (χ2n) is 4.42. The molecule has 0 bridgehead atoms. The Kier molecular flexibility index (Phi) is 4.86. The number of aromatic hydroxyl groups is 1. The lowest BCUT2D eigenvalue weighted by Gasteiger charge is -2.27.